The highest BCUT2D eigenvalue weighted by Crippen LogP contribution is 2.61. The summed E-state index contributed by atoms with van der Waals surface area (Å²) in [5.41, 5.74) is -17.8. The fourth-order valence-electron chi connectivity index (χ4n) is 7.69. The summed E-state index contributed by atoms with van der Waals surface area (Å²) >= 11 is 0. The Labute approximate surface area is 322 Å². The van der Waals surface area contributed by atoms with Gasteiger partial charge in [0.05, 0.1) is 5.92 Å². The maximum Gasteiger partial charge on any atom is 0.412 e. The Morgan fingerprint density at radius 3 is 1.83 bits per heavy atom. The molecule has 0 bridgehead atoms. The average molecular weight is 857 g/mol. The van der Waals surface area contributed by atoms with Crippen molar-refractivity contribution in [3.05, 3.63) is 58.4 Å². The molecule has 1 aromatic rings. The zero-order chi connectivity index (χ0) is 45.3. The van der Waals surface area contributed by atoms with Gasteiger partial charge in [-0.1, -0.05) is 12.1 Å². The topological polar surface area (TPSA) is 313 Å². The van der Waals surface area contributed by atoms with Gasteiger partial charge in [0.2, 0.25) is 23.1 Å². The van der Waals surface area contributed by atoms with Gasteiger partial charge in [0, 0.05) is 18.5 Å². The van der Waals surface area contributed by atoms with Gasteiger partial charge >= 0.3 is 24.2 Å². The number of alkyl halides is 6. The number of carbonyl (C=O) groups is 1. The number of allylic oxidation sites excluding steroid dienone is 2. The van der Waals surface area contributed by atoms with Crippen molar-refractivity contribution in [2.24, 2.45) is 5.92 Å². The molecule has 2 heterocycles. The molecule has 14 N–H and O–H groups in total. The van der Waals surface area contributed by atoms with Gasteiger partial charge < -0.3 is 71.5 Å². The molecule has 19 nitrogen and oxygen atoms in total. The van der Waals surface area contributed by atoms with Gasteiger partial charge in [0.15, 0.2) is 12.0 Å². The molecule has 26 heteroatoms. The molecule has 0 aromatic heterocycles. The first-order chi connectivity index (χ1) is 25.6. The molecular weight excluding hydrogens is 813 g/mol. The normalized spacial score (nSPS) is 33.7. The zero-order valence-corrected chi connectivity index (χ0v) is 31.0. The van der Waals surface area contributed by atoms with Crippen LogP contribution < -0.4 is 0 Å². The second-order valence-corrected chi connectivity index (χ2v) is 14.9. The van der Waals surface area contributed by atoms with Crippen molar-refractivity contribution in [3.63, 3.8) is 0 Å². The molecule has 0 saturated carbocycles. The number of likely N-dealkylation sites (tertiary alicyclic amines) is 1. The van der Waals surface area contributed by atoms with Crippen molar-refractivity contribution in [1.29, 1.82) is 0 Å². The number of aryl methyl sites for hydroxylation is 1. The molecule has 7 unspecified atom stereocenters. The molecular formula is C32H43F7N4O15. The molecule has 4 rings (SSSR count). The summed E-state index contributed by atoms with van der Waals surface area (Å²) in [7, 11) is 0.716. The van der Waals surface area contributed by atoms with E-state index in [0.29, 0.717) is 43.1 Å². The van der Waals surface area contributed by atoms with Crippen LogP contribution in [0, 0.1) is 18.7 Å². The molecule has 2 aliphatic heterocycles. The number of piperazine rings is 1. The number of amides is 1. The van der Waals surface area contributed by atoms with Gasteiger partial charge in [0.1, 0.15) is 11.9 Å². The number of hydrogen-bond donors (Lipinski definition) is 14. The molecule has 3 aliphatic rings. The first-order valence-corrected chi connectivity index (χ1v) is 16.7. The number of rotatable bonds is 6. The summed E-state index contributed by atoms with van der Waals surface area (Å²) in [6.07, 6.45) is -14.5. The summed E-state index contributed by atoms with van der Waals surface area (Å²) in [5.74, 6) is -30.2. The Kier molecular flexibility index (Phi) is 11.3. The number of carbonyl (C=O) groups excluding carboxylic acids is 1. The SMILES string of the molecule is CC(=O)N1C(C)(O)C(O)(O)N(C2(O)C(O)(O)C(c3ccc(F)cc3C)N(C(O)N(C)C(C)C3=CC(C(F)(F)F)CC(C(F)(F)F)=C3)C(O)(O)C2(C)O)C(O)(O)C1(O)O. The maximum absolute atomic E-state index is 14.4. The minimum Gasteiger partial charge on any atom is -0.379 e. The van der Waals surface area contributed by atoms with Crippen LogP contribution in [0.15, 0.2) is 41.5 Å². The van der Waals surface area contributed by atoms with Crippen molar-refractivity contribution in [2.75, 3.05) is 7.05 Å². The fourth-order valence-corrected chi connectivity index (χ4v) is 7.69. The Hall–Kier alpha value is -3.00. The van der Waals surface area contributed by atoms with Crippen molar-refractivity contribution >= 4 is 5.91 Å². The third-order valence-electron chi connectivity index (χ3n) is 11.2. The summed E-state index contributed by atoms with van der Waals surface area (Å²) < 4.78 is 97.2. The molecule has 1 aliphatic carbocycles. The number of benzene rings is 1. The number of halogens is 7. The average Bonchev–Trinajstić information content (AvgIpc) is 3.03. The van der Waals surface area contributed by atoms with Crippen LogP contribution in [0.4, 0.5) is 30.7 Å². The molecule has 330 valence electrons. The van der Waals surface area contributed by atoms with E-state index in [0.717, 1.165) is 13.8 Å². The van der Waals surface area contributed by atoms with E-state index in [2.05, 4.69) is 0 Å². The van der Waals surface area contributed by atoms with E-state index < -0.39 is 133 Å². The lowest BCUT2D eigenvalue weighted by Gasteiger charge is -2.72. The summed E-state index contributed by atoms with van der Waals surface area (Å²) in [4.78, 5) is 10.1. The highest BCUT2D eigenvalue weighted by Gasteiger charge is 2.89. The lowest BCUT2D eigenvalue weighted by atomic mass is 9.68. The number of aliphatic hydroxyl groups is 14. The Morgan fingerprint density at radius 1 is 0.862 bits per heavy atom. The standard InChI is InChI=1S/C32H43F7N4O15/c1-13-9-19(33)7-8-20(13)21-25(48,49)28(50,43-30(53,54)24(5,47)42(15(3)44)31(55,56)32(43,57)58)23(4,46)29(51,52)41(21)22(45)40(6)14(2)16-10-17(26(34,35)36)12-18(11-16)27(37,38)39/h7-11,14,17,21-22,45-58H,12H2,1-6H3. The van der Waals surface area contributed by atoms with E-state index in [1.807, 2.05) is 0 Å². The molecule has 1 amide bonds. The lowest BCUT2D eigenvalue weighted by Crippen LogP contribution is -3.00. The monoisotopic (exact) mass is 856 g/mol. The lowest BCUT2D eigenvalue weighted by molar-refractivity contribution is -0.627. The zero-order valence-electron chi connectivity index (χ0n) is 31.0. The summed E-state index contributed by atoms with van der Waals surface area (Å²) in [5, 5.41) is 162. The molecule has 0 radical (unpaired) electrons. The van der Waals surface area contributed by atoms with Crippen LogP contribution in [0.3, 0.4) is 0 Å². The number of aliphatic hydroxyl groups excluding tert-OH is 1. The van der Waals surface area contributed by atoms with Crippen LogP contribution in [0.1, 0.15) is 51.3 Å². The van der Waals surface area contributed by atoms with E-state index >= 15 is 0 Å². The largest absolute Gasteiger partial charge is 0.412 e. The van der Waals surface area contributed by atoms with Crippen molar-refractivity contribution in [2.45, 2.75) is 118 Å². The minimum atomic E-state index is -5.32. The van der Waals surface area contributed by atoms with E-state index in [4.69, 9.17) is 0 Å². The highest BCUT2D eigenvalue weighted by atomic mass is 19.4. The van der Waals surface area contributed by atoms with Gasteiger partial charge in [-0.25, -0.2) is 9.29 Å². The van der Waals surface area contributed by atoms with E-state index in [9.17, 15) is 107 Å². The highest BCUT2D eigenvalue weighted by molar-refractivity contribution is 5.75. The molecule has 2 saturated heterocycles. The Bertz CT molecular complexity index is 1840. The Morgan fingerprint density at radius 2 is 1.38 bits per heavy atom. The smallest absolute Gasteiger partial charge is 0.379 e. The minimum absolute atomic E-state index is 0.0599. The Balaban J connectivity index is 2.07. The van der Waals surface area contributed by atoms with Gasteiger partial charge in [0.25, 0.3) is 11.8 Å². The second-order valence-electron chi connectivity index (χ2n) is 14.9. The third-order valence-corrected chi connectivity index (χ3v) is 11.2. The predicted molar refractivity (Wildman–Crippen MR) is 172 cm³/mol. The second kappa shape index (κ2) is 13.8. The quantitative estimate of drug-likeness (QED) is 0.0981. The van der Waals surface area contributed by atoms with Crippen LogP contribution in [-0.4, -0.2) is 175 Å². The third kappa shape index (κ3) is 6.46. The summed E-state index contributed by atoms with van der Waals surface area (Å²) in [6.45, 7) is 2.28. The first-order valence-electron chi connectivity index (χ1n) is 16.7. The van der Waals surface area contributed by atoms with Crippen molar-refractivity contribution in [3.8, 4) is 0 Å². The van der Waals surface area contributed by atoms with E-state index in [1.165, 1.54) is 0 Å². The number of nitrogens with zero attached hydrogens (tertiary/aromatic N) is 4. The molecule has 7 atom stereocenters. The fraction of sp³-hybridized carbons (Fsp3) is 0.656. The number of likely N-dealkylation sites (N-methyl/N-ethyl adjacent to an activating group) is 1. The van der Waals surface area contributed by atoms with Gasteiger partial charge in [-0.3, -0.25) is 9.69 Å². The van der Waals surface area contributed by atoms with Gasteiger partial charge in [-0.2, -0.15) is 36.1 Å². The first kappa shape index (κ1) is 47.7. The number of hydrogen-bond acceptors (Lipinski definition) is 18. The van der Waals surface area contributed by atoms with Crippen molar-refractivity contribution in [1.82, 2.24) is 19.6 Å². The van der Waals surface area contributed by atoms with E-state index in [1.54, 1.807) is 0 Å². The van der Waals surface area contributed by atoms with Crippen LogP contribution in [0.25, 0.3) is 0 Å². The van der Waals surface area contributed by atoms with Crippen LogP contribution >= 0.6 is 0 Å². The van der Waals surface area contributed by atoms with Crippen LogP contribution in [-0.2, 0) is 4.79 Å². The van der Waals surface area contributed by atoms with Crippen LogP contribution in [0.5, 0.6) is 0 Å². The van der Waals surface area contributed by atoms with Crippen LogP contribution in [0.2, 0.25) is 0 Å². The van der Waals surface area contributed by atoms with Gasteiger partial charge in [-0.05, 0) is 76.1 Å². The van der Waals surface area contributed by atoms with Gasteiger partial charge in [-0.15, -0.1) is 0 Å². The maximum atomic E-state index is 14.4. The summed E-state index contributed by atoms with van der Waals surface area (Å²) in [6, 6.07) is -3.39. The predicted octanol–water partition coefficient (Wildman–Crippen LogP) is -3.37. The molecule has 58 heavy (non-hydrogen) atoms. The molecule has 1 aromatic carbocycles. The van der Waals surface area contributed by atoms with E-state index in [-0.39, 0.29) is 24.8 Å². The van der Waals surface area contributed by atoms with Crippen molar-refractivity contribution < 1.29 is 107 Å². The molecule has 2 fully saturated rings. The molecule has 0 spiro atoms. The number of piperidine rings is 1.